The average Bonchev–Trinajstić information content (AvgIpc) is 2.26. The minimum atomic E-state index is -1.54. The zero-order valence-corrected chi connectivity index (χ0v) is 8.78. The standard InChI is InChI=1S/C10H7ClO5/c11-6-1-5-3-15-4-16-9(5)7(2-6)8(12)10(13)14/h1-2H,3-4H2,(H,13,14). The number of benzene rings is 1. The van der Waals surface area contributed by atoms with Crippen LogP contribution in [0.15, 0.2) is 12.1 Å². The second-order valence-corrected chi connectivity index (χ2v) is 3.62. The molecule has 16 heavy (non-hydrogen) atoms. The van der Waals surface area contributed by atoms with E-state index in [0.29, 0.717) is 5.56 Å². The molecule has 0 atom stereocenters. The number of fused-ring (bicyclic) bond motifs is 1. The Morgan fingerprint density at radius 3 is 2.81 bits per heavy atom. The van der Waals surface area contributed by atoms with E-state index in [0.717, 1.165) is 0 Å². The molecule has 1 N–H and O–H groups in total. The molecule has 1 aliphatic rings. The smallest absolute Gasteiger partial charge is 0.377 e. The largest absolute Gasteiger partial charge is 0.475 e. The molecule has 1 heterocycles. The predicted octanol–water partition coefficient (Wildman–Crippen LogP) is 1.47. The van der Waals surface area contributed by atoms with Crippen LogP contribution in [0.5, 0.6) is 5.75 Å². The number of halogens is 1. The van der Waals surface area contributed by atoms with Crippen molar-refractivity contribution in [2.45, 2.75) is 6.61 Å². The lowest BCUT2D eigenvalue weighted by atomic mass is 10.0. The molecule has 0 saturated carbocycles. The van der Waals surface area contributed by atoms with Crippen LogP contribution in [0.3, 0.4) is 0 Å². The van der Waals surface area contributed by atoms with E-state index < -0.39 is 11.8 Å². The highest BCUT2D eigenvalue weighted by Gasteiger charge is 2.24. The van der Waals surface area contributed by atoms with Crippen molar-refractivity contribution >= 4 is 23.4 Å². The average molecular weight is 243 g/mol. The third-order valence-corrected chi connectivity index (χ3v) is 2.33. The Kier molecular flexibility index (Phi) is 2.80. The van der Waals surface area contributed by atoms with Crippen LogP contribution in [0.2, 0.25) is 5.02 Å². The number of ether oxygens (including phenoxy) is 2. The summed E-state index contributed by atoms with van der Waals surface area (Å²) < 4.78 is 10.1. The molecule has 0 bridgehead atoms. The van der Waals surface area contributed by atoms with Gasteiger partial charge in [-0.3, -0.25) is 4.79 Å². The maximum atomic E-state index is 11.4. The Morgan fingerprint density at radius 1 is 1.38 bits per heavy atom. The molecule has 5 nitrogen and oxygen atoms in total. The van der Waals surface area contributed by atoms with Gasteiger partial charge in [-0.2, -0.15) is 0 Å². The van der Waals surface area contributed by atoms with Crippen molar-refractivity contribution in [1.29, 1.82) is 0 Å². The van der Waals surface area contributed by atoms with Crippen LogP contribution >= 0.6 is 11.6 Å². The van der Waals surface area contributed by atoms with E-state index in [4.69, 9.17) is 26.2 Å². The molecule has 0 amide bonds. The molecule has 0 fully saturated rings. The van der Waals surface area contributed by atoms with Gasteiger partial charge in [0.25, 0.3) is 5.78 Å². The minimum Gasteiger partial charge on any atom is -0.475 e. The fourth-order valence-electron chi connectivity index (χ4n) is 1.46. The molecule has 0 aliphatic carbocycles. The van der Waals surface area contributed by atoms with Crippen LogP contribution in [0.4, 0.5) is 0 Å². The van der Waals surface area contributed by atoms with Gasteiger partial charge in [0.1, 0.15) is 5.75 Å². The van der Waals surface area contributed by atoms with Gasteiger partial charge in [-0.1, -0.05) is 11.6 Å². The minimum absolute atomic E-state index is 0.00543. The lowest BCUT2D eigenvalue weighted by Crippen LogP contribution is -2.19. The van der Waals surface area contributed by atoms with Crippen LogP contribution < -0.4 is 4.74 Å². The van der Waals surface area contributed by atoms with E-state index in [1.165, 1.54) is 6.07 Å². The van der Waals surface area contributed by atoms with Crippen molar-refractivity contribution < 1.29 is 24.2 Å². The highest BCUT2D eigenvalue weighted by Crippen LogP contribution is 2.31. The molecule has 84 valence electrons. The van der Waals surface area contributed by atoms with Gasteiger partial charge < -0.3 is 14.6 Å². The molecule has 0 unspecified atom stereocenters. The maximum Gasteiger partial charge on any atom is 0.377 e. The molecule has 1 aromatic carbocycles. The number of carboxylic acids is 1. The van der Waals surface area contributed by atoms with Gasteiger partial charge in [-0.25, -0.2) is 4.79 Å². The zero-order valence-electron chi connectivity index (χ0n) is 8.03. The summed E-state index contributed by atoms with van der Waals surface area (Å²) in [6.07, 6.45) is 0. The van der Waals surface area contributed by atoms with E-state index in [-0.39, 0.29) is 29.7 Å². The molecule has 0 spiro atoms. The summed E-state index contributed by atoms with van der Waals surface area (Å²) in [5.74, 6) is -2.34. The fourth-order valence-corrected chi connectivity index (χ4v) is 1.70. The van der Waals surface area contributed by atoms with E-state index >= 15 is 0 Å². The SMILES string of the molecule is O=C(O)C(=O)c1cc(Cl)cc2c1OCOC2. The lowest BCUT2D eigenvalue weighted by molar-refractivity contribution is -0.131. The van der Waals surface area contributed by atoms with Crippen molar-refractivity contribution in [1.82, 2.24) is 0 Å². The van der Waals surface area contributed by atoms with Gasteiger partial charge in [0, 0.05) is 10.6 Å². The Bertz CT molecular complexity index is 469. The Labute approximate surface area is 95.5 Å². The normalized spacial score (nSPS) is 13.8. The first-order valence-electron chi connectivity index (χ1n) is 4.40. The Hall–Kier alpha value is -1.59. The summed E-state index contributed by atoms with van der Waals surface area (Å²) in [6, 6.07) is 2.86. The third kappa shape index (κ3) is 1.87. The number of rotatable bonds is 2. The first-order valence-corrected chi connectivity index (χ1v) is 4.78. The first kappa shape index (κ1) is 10.9. The van der Waals surface area contributed by atoms with Gasteiger partial charge in [0.05, 0.1) is 12.2 Å². The molecule has 2 rings (SSSR count). The number of hydrogen-bond acceptors (Lipinski definition) is 4. The van der Waals surface area contributed by atoms with E-state index in [9.17, 15) is 9.59 Å². The van der Waals surface area contributed by atoms with Gasteiger partial charge in [0.15, 0.2) is 6.79 Å². The van der Waals surface area contributed by atoms with Crippen LogP contribution in [-0.2, 0) is 16.1 Å². The topological polar surface area (TPSA) is 72.8 Å². The third-order valence-electron chi connectivity index (χ3n) is 2.11. The van der Waals surface area contributed by atoms with E-state index in [1.54, 1.807) is 6.07 Å². The molecule has 1 aromatic rings. The highest BCUT2D eigenvalue weighted by molar-refractivity contribution is 6.41. The summed E-state index contributed by atoms with van der Waals surface area (Å²) in [5, 5.41) is 8.92. The second kappa shape index (κ2) is 4.11. The van der Waals surface area contributed by atoms with Crippen LogP contribution in [0, 0.1) is 0 Å². The van der Waals surface area contributed by atoms with Crippen LogP contribution in [0.25, 0.3) is 0 Å². The Balaban J connectivity index is 2.55. The summed E-state index contributed by atoms with van der Waals surface area (Å²) in [7, 11) is 0. The van der Waals surface area contributed by atoms with Gasteiger partial charge in [-0.05, 0) is 12.1 Å². The number of carbonyl (C=O) groups excluding carboxylic acids is 1. The summed E-state index contributed by atoms with van der Waals surface area (Å²) in [6.45, 7) is 0.240. The maximum absolute atomic E-state index is 11.4. The number of aliphatic carboxylic acids is 1. The van der Waals surface area contributed by atoms with Crippen LogP contribution in [0.1, 0.15) is 15.9 Å². The number of ketones is 1. The summed E-state index contributed by atoms with van der Waals surface area (Å²) in [5.41, 5.74) is 0.529. The molecule has 0 radical (unpaired) electrons. The molecule has 0 saturated heterocycles. The van der Waals surface area contributed by atoms with Crippen molar-refractivity contribution in [3.05, 3.63) is 28.3 Å². The van der Waals surface area contributed by atoms with Crippen molar-refractivity contribution in [3.63, 3.8) is 0 Å². The summed E-state index contributed by atoms with van der Waals surface area (Å²) >= 11 is 5.77. The van der Waals surface area contributed by atoms with Crippen molar-refractivity contribution in [2.75, 3.05) is 6.79 Å². The number of hydrogen-bond donors (Lipinski definition) is 1. The molecular formula is C10H7ClO5. The van der Waals surface area contributed by atoms with E-state index in [2.05, 4.69) is 0 Å². The van der Waals surface area contributed by atoms with E-state index in [1.807, 2.05) is 0 Å². The van der Waals surface area contributed by atoms with Gasteiger partial charge >= 0.3 is 5.97 Å². The second-order valence-electron chi connectivity index (χ2n) is 3.19. The lowest BCUT2D eigenvalue weighted by Gasteiger charge is -2.19. The number of Topliss-reactive ketones (excluding diaryl/α,β-unsaturated/α-hetero) is 1. The quantitative estimate of drug-likeness (QED) is 0.628. The molecular weight excluding hydrogens is 236 g/mol. The van der Waals surface area contributed by atoms with Gasteiger partial charge in [0.2, 0.25) is 0 Å². The summed E-state index contributed by atoms with van der Waals surface area (Å²) in [4.78, 5) is 22.0. The number of carbonyl (C=O) groups is 2. The monoisotopic (exact) mass is 242 g/mol. The highest BCUT2D eigenvalue weighted by atomic mass is 35.5. The number of carboxylic acid groups (broad SMARTS) is 1. The van der Waals surface area contributed by atoms with Crippen molar-refractivity contribution in [2.24, 2.45) is 0 Å². The van der Waals surface area contributed by atoms with Crippen molar-refractivity contribution in [3.8, 4) is 5.75 Å². The first-order chi connectivity index (χ1) is 7.59. The predicted molar refractivity (Wildman–Crippen MR) is 53.7 cm³/mol. The molecule has 6 heteroatoms. The van der Waals surface area contributed by atoms with Crippen LogP contribution in [-0.4, -0.2) is 23.7 Å². The molecule has 0 aromatic heterocycles. The zero-order chi connectivity index (χ0) is 11.7. The van der Waals surface area contributed by atoms with Gasteiger partial charge in [-0.15, -0.1) is 0 Å². The fraction of sp³-hybridized carbons (Fsp3) is 0.200. The molecule has 1 aliphatic heterocycles. The Morgan fingerprint density at radius 2 is 2.12 bits per heavy atom.